The lowest BCUT2D eigenvalue weighted by molar-refractivity contribution is 0.169. The third-order valence-electron chi connectivity index (χ3n) is 0.490. The van der Waals surface area contributed by atoms with Gasteiger partial charge in [-0.2, -0.15) is 0 Å². The molecular formula is C5H10O3S2. The monoisotopic (exact) mass is 182 g/mol. The summed E-state index contributed by atoms with van der Waals surface area (Å²) in [5.74, 6) is 1.48. The molecule has 0 aromatic rings. The van der Waals surface area contributed by atoms with Gasteiger partial charge in [0.25, 0.3) is 0 Å². The van der Waals surface area contributed by atoms with Gasteiger partial charge in [0.15, 0.2) is 0 Å². The molecule has 0 amide bonds. The quantitative estimate of drug-likeness (QED) is 0.624. The van der Waals surface area contributed by atoms with E-state index in [-0.39, 0.29) is 0 Å². The van der Waals surface area contributed by atoms with E-state index >= 15 is 0 Å². The van der Waals surface area contributed by atoms with E-state index in [4.69, 9.17) is 0 Å². The Labute approximate surface area is 69.3 Å². The maximum absolute atomic E-state index is 10.5. The second-order valence-corrected chi connectivity index (χ2v) is 3.19. The Bertz CT molecular complexity index is 86.9. The van der Waals surface area contributed by atoms with E-state index in [9.17, 15) is 4.79 Å². The molecule has 0 aliphatic carbocycles. The van der Waals surface area contributed by atoms with Crippen molar-refractivity contribution in [3.8, 4) is 0 Å². The molecule has 0 aromatic carbocycles. The fourth-order valence-electron chi connectivity index (χ4n) is 0.228. The van der Waals surface area contributed by atoms with Crippen LogP contribution in [0.25, 0.3) is 0 Å². The number of carbonyl (C=O) groups excluding carboxylic acids is 1. The molecule has 0 aliphatic heterocycles. The zero-order chi connectivity index (χ0) is 7.82. The first-order valence-corrected chi connectivity index (χ1v) is 4.76. The van der Waals surface area contributed by atoms with Crippen molar-refractivity contribution in [2.75, 3.05) is 11.5 Å². The predicted molar refractivity (Wildman–Crippen MR) is 43.8 cm³/mol. The van der Waals surface area contributed by atoms with Crippen molar-refractivity contribution >= 4 is 30.2 Å². The summed E-state index contributed by atoms with van der Waals surface area (Å²) in [5.41, 5.74) is 0. The maximum atomic E-state index is 10.5. The summed E-state index contributed by atoms with van der Waals surface area (Å²) in [7, 11) is 0. The zero-order valence-corrected chi connectivity index (χ0v) is 7.59. The molecule has 60 valence electrons. The van der Waals surface area contributed by atoms with E-state index in [1.807, 2.05) is 13.8 Å². The molecule has 0 saturated heterocycles. The SMILES string of the molecule is CCSOC(=O)OSCC. The highest BCUT2D eigenvalue weighted by molar-refractivity contribution is 7.95. The lowest BCUT2D eigenvalue weighted by Crippen LogP contribution is -1.96. The van der Waals surface area contributed by atoms with Crippen molar-refractivity contribution in [1.29, 1.82) is 0 Å². The van der Waals surface area contributed by atoms with Gasteiger partial charge in [0.05, 0.1) is 24.1 Å². The van der Waals surface area contributed by atoms with Crippen LogP contribution in [0.1, 0.15) is 13.8 Å². The van der Waals surface area contributed by atoms with E-state index in [0.29, 0.717) is 0 Å². The van der Waals surface area contributed by atoms with Crippen LogP contribution in [-0.4, -0.2) is 17.7 Å². The van der Waals surface area contributed by atoms with Gasteiger partial charge in [0.1, 0.15) is 0 Å². The number of carbonyl (C=O) groups is 1. The first kappa shape index (κ1) is 9.97. The summed E-state index contributed by atoms with van der Waals surface area (Å²) in [4.78, 5) is 10.5. The van der Waals surface area contributed by atoms with Gasteiger partial charge < -0.3 is 8.37 Å². The third kappa shape index (κ3) is 6.10. The Morgan fingerprint density at radius 3 is 1.90 bits per heavy atom. The molecule has 10 heavy (non-hydrogen) atoms. The Morgan fingerprint density at radius 2 is 1.60 bits per heavy atom. The molecule has 0 bridgehead atoms. The van der Waals surface area contributed by atoms with Crippen LogP contribution < -0.4 is 0 Å². The van der Waals surface area contributed by atoms with Gasteiger partial charge in [-0.25, -0.2) is 4.79 Å². The van der Waals surface area contributed by atoms with Gasteiger partial charge in [-0.05, 0) is 0 Å². The number of hydrogen-bond acceptors (Lipinski definition) is 5. The Morgan fingerprint density at radius 1 is 1.20 bits per heavy atom. The summed E-state index contributed by atoms with van der Waals surface area (Å²) in [6.07, 6.45) is -0.626. The molecule has 0 aromatic heterocycles. The van der Waals surface area contributed by atoms with E-state index in [1.165, 1.54) is 0 Å². The van der Waals surface area contributed by atoms with E-state index < -0.39 is 6.16 Å². The van der Waals surface area contributed by atoms with Gasteiger partial charge in [0, 0.05) is 11.5 Å². The largest absolute Gasteiger partial charge is 0.533 e. The van der Waals surface area contributed by atoms with Crippen molar-refractivity contribution in [1.82, 2.24) is 0 Å². The van der Waals surface area contributed by atoms with Crippen LogP contribution in [0.4, 0.5) is 4.79 Å². The smallest absolute Gasteiger partial charge is 0.359 e. The Kier molecular flexibility index (Phi) is 7.06. The fourth-order valence-corrected chi connectivity index (χ4v) is 0.767. The molecule has 0 saturated carbocycles. The topological polar surface area (TPSA) is 35.5 Å². The van der Waals surface area contributed by atoms with Gasteiger partial charge in [-0.1, -0.05) is 13.8 Å². The van der Waals surface area contributed by atoms with Crippen molar-refractivity contribution in [3.63, 3.8) is 0 Å². The van der Waals surface area contributed by atoms with E-state index in [0.717, 1.165) is 35.6 Å². The molecular weight excluding hydrogens is 172 g/mol. The van der Waals surface area contributed by atoms with Crippen LogP contribution in [0, 0.1) is 0 Å². The van der Waals surface area contributed by atoms with E-state index in [1.54, 1.807) is 0 Å². The van der Waals surface area contributed by atoms with Gasteiger partial charge in [0.2, 0.25) is 0 Å². The molecule has 0 heterocycles. The first-order chi connectivity index (χ1) is 4.81. The highest BCUT2D eigenvalue weighted by Crippen LogP contribution is 2.08. The average Bonchev–Trinajstić information content (AvgIpc) is 1.97. The molecule has 3 nitrogen and oxygen atoms in total. The van der Waals surface area contributed by atoms with Crippen LogP contribution in [0.5, 0.6) is 0 Å². The molecule has 0 unspecified atom stereocenters. The standard InChI is InChI=1S/C5H10O3S2/c1-3-9-7-5(6)8-10-4-2/h3-4H2,1-2H3. The van der Waals surface area contributed by atoms with Gasteiger partial charge in [-0.3, -0.25) is 0 Å². The van der Waals surface area contributed by atoms with Crippen LogP contribution in [0.15, 0.2) is 0 Å². The lowest BCUT2D eigenvalue weighted by atomic mass is 11.0. The van der Waals surface area contributed by atoms with Gasteiger partial charge >= 0.3 is 6.16 Å². The van der Waals surface area contributed by atoms with Crippen molar-refractivity contribution < 1.29 is 13.2 Å². The highest BCUT2D eigenvalue weighted by Gasteiger charge is 2.02. The Hall–Kier alpha value is -0.0300. The molecule has 0 fully saturated rings. The molecule has 0 N–H and O–H groups in total. The highest BCUT2D eigenvalue weighted by atomic mass is 32.2. The van der Waals surface area contributed by atoms with Crippen LogP contribution in [0.3, 0.4) is 0 Å². The van der Waals surface area contributed by atoms with Crippen molar-refractivity contribution in [2.24, 2.45) is 0 Å². The summed E-state index contributed by atoms with van der Waals surface area (Å²) in [5, 5.41) is 0. The molecule has 5 heteroatoms. The number of hydrogen-bond donors (Lipinski definition) is 0. The second-order valence-electron chi connectivity index (χ2n) is 1.23. The minimum atomic E-state index is -0.626. The molecule has 0 aliphatic rings. The third-order valence-corrected chi connectivity index (χ3v) is 1.47. The minimum Gasteiger partial charge on any atom is -0.359 e. The minimum absolute atomic E-state index is 0.626. The molecule has 0 rings (SSSR count). The predicted octanol–water partition coefficient (Wildman–Crippen LogP) is 2.48. The van der Waals surface area contributed by atoms with E-state index in [2.05, 4.69) is 8.37 Å². The summed E-state index contributed by atoms with van der Waals surface area (Å²) >= 11 is 2.16. The maximum Gasteiger partial charge on any atom is 0.533 e. The average molecular weight is 182 g/mol. The lowest BCUT2D eigenvalue weighted by Gasteiger charge is -1.98. The molecule has 0 spiro atoms. The normalized spacial score (nSPS) is 9.00. The summed E-state index contributed by atoms with van der Waals surface area (Å²) in [6, 6.07) is 0. The summed E-state index contributed by atoms with van der Waals surface area (Å²) < 4.78 is 9.06. The van der Waals surface area contributed by atoms with Crippen LogP contribution in [-0.2, 0) is 8.37 Å². The molecule has 0 atom stereocenters. The number of rotatable bonds is 4. The van der Waals surface area contributed by atoms with Crippen LogP contribution in [0.2, 0.25) is 0 Å². The fraction of sp³-hybridized carbons (Fsp3) is 0.800. The van der Waals surface area contributed by atoms with Gasteiger partial charge in [-0.15, -0.1) is 0 Å². The van der Waals surface area contributed by atoms with Crippen LogP contribution >= 0.6 is 24.1 Å². The van der Waals surface area contributed by atoms with Crippen molar-refractivity contribution in [2.45, 2.75) is 13.8 Å². The second kappa shape index (κ2) is 7.08. The van der Waals surface area contributed by atoms with Crippen molar-refractivity contribution in [3.05, 3.63) is 0 Å². The zero-order valence-electron chi connectivity index (χ0n) is 5.96. The molecule has 0 radical (unpaired) electrons. The summed E-state index contributed by atoms with van der Waals surface area (Å²) in [6.45, 7) is 3.79. The Balaban J connectivity index is 3.09. The first-order valence-electron chi connectivity index (χ1n) is 2.94.